The second-order valence-electron chi connectivity index (χ2n) is 4.58. The summed E-state index contributed by atoms with van der Waals surface area (Å²) in [4.78, 5) is 2.29. The van der Waals surface area contributed by atoms with Gasteiger partial charge in [0.05, 0.1) is 5.60 Å². The minimum Gasteiger partial charge on any atom is -0.399 e. The molecule has 0 aliphatic carbocycles. The Kier molecular flexibility index (Phi) is 2.57. The molecule has 3 heteroatoms. The number of aliphatic hydroxyl groups is 1. The van der Waals surface area contributed by atoms with E-state index in [1.807, 2.05) is 31.2 Å². The third-order valence-corrected chi connectivity index (χ3v) is 3.10. The molecule has 3 N–H and O–H groups in total. The molecule has 0 amide bonds. The summed E-state index contributed by atoms with van der Waals surface area (Å²) in [5.74, 6) is 0. The molecule has 15 heavy (non-hydrogen) atoms. The standard InChI is InChI=1S/C12H18N2O/c1-12(15)6-8-14(9-7-12)11-4-2-10(13)3-5-11/h2-5,15H,6-9,13H2,1H3. The molecule has 1 aromatic rings. The van der Waals surface area contributed by atoms with Gasteiger partial charge in [0, 0.05) is 24.5 Å². The van der Waals surface area contributed by atoms with Crippen LogP contribution in [0.1, 0.15) is 19.8 Å². The molecule has 0 aromatic heterocycles. The zero-order valence-electron chi connectivity index (χ0n) is 9.11. The summed E-state index contributed by atoms with van der Waals surface area (Å²) in [5, 5.41) is 9.84. The van der Waals surface area contributed by atoms with Crippen molar-refractivity contribution < 1.29 is 5.11 Å². The Labute approximate surface area is 90.5 Å². The van der Waals surface area contributed by atoms with E-state index in [4.69, 9.17) is 5.73 Å². The third kappa shape index (κ3) is 2.42. The van der Waals surface area contributed by atoms with Crippen molar-refractivity contribution in [3.8, 4) is 0 Å². The van der Waals surface area contributed by atoms with E-state index in [0.717, 1.165) is 31.6 Å². The number of piperidine rings is 1. The Balaban J connectivity index is 2.04. The summed E-state index contributed by atoms with van der Waals surface area (Å²) in [6.07, 6.45) is 1.66. The fraction of sp³-hybridized carbons (Fsp3) is 0.500. The molecule has 0 unspecified atom stereocenters. The molecular formula is C12H18N2O. The Morgan fingerprint density at radius 1 is 1.20 bits per heavy atom. The van der Waals surface area contributed by atoms with Gasteiger partial charge < -0.3 is 15.7 Å². The lowest BCUT2D eigenvalue weighted by molar-refractivity contribution is 0.0351. The van der Waals surface area contributed by atoms with Crippen molar-refractivity contribution in [2.45, 2.75) is 25.4 Å². The molecule has 2 rings (SSSR count). The fourth-order valence-corrected chi connectivity index (χ4v) is 1.93. The van der Waals surface area contributed by atoms with E-state index in [9.17, 15) is 5.11 Å². The number of anilines is 2. The van der Waals surface area contributed by atoms with E-state index >= 15 is 0 Å². The predicted octanol–water partition coefficient (Wildman–Crippen LogP) is 1.62. The van der Waals surface area contributed by atoms with Crippen LogP contribution in [-0.2, 0) is 0 Å². The largest absolute Gasteiger partial charge is 0.399 e. The van der Waals surface area contributed by atoms with Gasteiger partial charge in [0.2, 0.25) is 0 Å². The highest BCUT2D eigenvalue weighted by atomic mass is 16.3. The summed E-state index contributed by atoms with van der Waals surface area (Å²) < 4.78 is 0. The molecule has 1 fully saturated rings. The molecule has 1 aromatic carbocycles. The zero-order valence-corrected chi connectivity index (χ0v) is 9.11. The van der Waals surface area contributed by atoms with Crippen molar-refractivity contribution in [2.75, 3.05) is 23.7 Å². The molecule has 3 nitrogen and oxygen atoms in total. The van der Waals surface area contributed by atoms with E-state index in [0.29, 0.717) is 0 Å². The van der Waals surface area contributed by atoms with E-state index < -0.39 is 5.60 Å². The quantitative estimate of drug-likeness (QED) is 0.686. The Bertz CT molecular complexity index is 322. The molecule has 0 saturated carbocycles. The van der Waals surface area contributed by atoms with Gasteiger partial charge in [0.1, 0.15) is 0 Å². The first-order chi connectivity index (χ1) is 7.07. The van der Waals surface area contributed by atoms with Crippen molar-refractivity contribution in [2.24, 2.45) is 0 Å². The topological polar surface area (TPSA) is 49.5 Å². The van der Waals surface area contributed by atoms with Crippen LogP contribution in [0.3, 0.4) is 0 Å². The summed E-state index contributed by atoms with van der Waals surface area (Å²) in [6, 6.07) is 7.91. The highest BCUT2D eigenvalue weighted by Crippen LogP contribution is 2.26. The Morgan fingerprint density at radius 2 is 1.73 bits per heavy atom. The van der Waals surface area contributed by atoms with Gasteiger partial charge >= 0.3 is 0 Å². The summed E-state index contributed by atoms with van der Waals surface area (Å²) in [6.45, 7) is 3.74. The molecule has 0 atom stereocenters. The van der Waals surface area contributed by atoms with Gasteiger partial charge in [-0.15, -0.1) is 0 Å². The number of nitrogen functional groups attached to an aromatic ring is 1. The molecular weight excluding hydrogens is 188 g/mol. The SMILES string of the molecule is CC1(O)CCN(c2ccc(N)cc2)CC1. The van der Waals surface area contributed by atoms with Crippen molar-refractivity contribution in [3.63, 3.8) is 0 Å². The second kappa shape index (κ2) is 3.74. The van der Waals surface area contributed by atoms with E-state index in [1.54, 1.807) is 0 Å². The summed E-state index contributed by atoms with van der Waals surface area (Å²) >= 11 is 0. The van der Waals surface area contributed by atoms with Crippen LogP contribution in [0.15, 0.2) is 24.3 Å². The van der Waals surface area contributed by atoms with Gasteiger partial charge in [-0.1, -0.05) is 0 Å². The van der Waals surface area contributed by atoms with Crippen LogP contribution in [0.25, 0.3) is 0 Å². The van der Waals surface area contributed by atoms with E-state index in [1.165, 1.54) is 5.69 Å². The number of nitrogens with two attached hydrogens (primary N) is 1. The van der Waals surface area contributed by atoms with Crippen LogP contribution in [-0.4, -0.2) is 23.8 Å². The maximum absolute atomic E-state index is 9.84. The van der Waals surface area contributed by atoms with Gasteiger partial charge in [0.25, 0.3) is 0 Å². The first kappa shape index (κ1) is 10.3. The first-order valence-electron chi connectivity index (χ1n) is 5.40. The molecule has 1 aliphatic heterocycles. The highest BCUT2D eigenvalue weighted by Gasteiger charge is 2.27. The second-order valence-corrected chi connectivity index (χ2v) is 4.58. The normalized spacial score (nSPS) is 20.3. The average molecular weight is 206 g/mol. The predicted molar refractivity (Wildman–Crippen MR) is 62.9 cm³/mol. The molecule has 0 radical (unpaired) electrons. The lowest BCUT2D eigenvalue weighted by Crippen LogP contribution is -2.42. The van der Waals surface area contributed by atoms with Crippen molar-refractivity contribution in [3.05, 3.63) is 24.3 Å². The number of nitrogens with zero attached hydrogens (tertiary/aromatic N) is 1. The van der Waals surface area contributed by atoms with Crippen molar-refractivity contribution >= 4 is 11.4 Å². The molecule has 1 saturated heterocycles. The average Bonchev–Trinajstić information content (AvgIpc) is 2.20. The molecule has 0 spiro atoms. The van der Waals surface area contributed by atoms with Crippen molar-refractivity contribution in [1.29, 1.82) is 0 Å². The lowest BCUT2D eigenvalue weighted by atomic mass is 9.93. The smallest absolute Gasteiger partial charge is 0.0653 e. The molecule has 1 heterocycles. The molecule has 82 valence electrons. The van der Waals surface area contributed by atoms with Crippen LogP contribution >= 0.6 is 0 Å². The number of hydrogen-bond donors (Lipinski definition) is 2. The van der Waals surface area contributed by atoms with Crippen LogP contribution in [0.4, 0.5) is 11.4 Å². The van der Waals surface area contributed by atoms with Crippen LogP contribution in [0, 0.1) is 0 Å². The van der Waals surface area contributed by atoms with Gasteiger partial charge in [-0.05, 0) is 44.0 Å². The molecule has 0 bridgehead atoms. The van der Waals surface area contributed by atoms with Gasteiger partial charge in [-0.2, -0.15) is 0 Å². The molecule has 1 aliphatic rings. The minimum absolute atomic E-state index is 0.482. The maximum atomic E-state index is 9.84. The zero-order chi connectivity index (χ0) is 10.9. The van der Waals surface area contributed by atoms with Gasteiger partial charge in [-0.3, -0.25) is 0 Å². The lowest BCUT2D eigenvalue weighted by Gasteiger charge is -2.37. The first-order valence-corrected chi connectivity index (χ1v) is 5.40. The van der Waals surface area contributed by atoms with E-state index in [2.05, 4.69) is 4.90 Å². The number of hydrogen-bond acceptors (Lipinski definition) is 3. The fourth-order valence-electron chi connectivity index (χ4n) is 1.93. The van der Waals surface area contributed by atoms with E-state index in [-0.39, 0.29) is 0 Å². The monoisotopic (exact) mass is 206 g/mol. The van der Waals surface area contributed by atoms with Crippen molar-refractivity contribution in [1.82, 2.24) is 0 Å². The Morgan fingerprint density at radius 3 is 2.27 bits per heavy atom. The minimum atomic E-state index is -0.482. The van der Waals surface area contributed by atoms with Gasteiger partial charge in [-0.25, -0.2) is 0 Å². The summed E-state index contributed by atoms with van der Waals surface area (Å²) in [5.41, 5.74) is 7.15. The number of benzene rings is 1. The van der Waals surface area contributed by atoms with Crippen LogP contribution in [0.2, 0.25) is 0 Å². The van der Waals surface area contributed by atoms with Crippen LogP contribution < -0.4 is 10.6 Å². The Hall–Kier alpha value is -1.22. The van der Waals surface area contributed by atoms with Gasteiger partial charge in [0.15, 0.2) is 0 Å². The number of rotatable bonds is 1. The highest BCUT2D eigenvalue weighted by molar-refractivity contribution is 5.53. The summed E-state index contributed by atoms with van der Waals surface area (Å²) in [7, 11) is 0. The van der Waals surface area contributed by atoms with Crippen LogP contribution in [0.5, 0.6) is 0 Å². The maximum Gasteiger partial charge on any atom is 0.0653 e. The third-order valence-electron chi connectivity index (χ3n) is 3.10.